The molecule has 0 amide bonds. The van der Waals surface area contributed by atoms with Gasteiger partial charge in [0.15, 0.2) is 0 Å². The SMILES string of the molecule is NCc1c(-c2ccc(F)cc2)nc2ccccn12.O=C(O)C(=O)O. The molecule has 2 aromatic heterocycles. The minimum Gasteiger partial charge on any atom is -0.473 e. The lowest BCUT2D eigenvalue weighted by Crippen LogP contribution is -2.09. The number of aromatic nitrogens is 2. The molecule has 0 bridgehead atoms. The Labute approximate surface area is 135 Å². The zero-order valence-electron chi connectivity index (χ0n) is 12.4. The molecule has 3 rings (SSSR count). The second-order valence-corrected chi connectivity index (χ2v) is 4.66. The molecule has 0 spiro atoms. The topological polar surface area (TPSA) is 118 Å². The lowest BCUT2D eigenvalue weighted by Gasteiger charge is -2.02. The molecule has 24 heavy (non-hydrogen) atoms. The molecule has 0 unspecified atom stereocenters. The predicted octanol–water partition coefficient (Wildman–Crippen LogP) is 1.75. The van der Waals surface area contributed by atoms with Crippen LogP contribution in [0.2, 0.25) is 0 Å². The van der Waals surface area contributed by atoms with Gasteiger partial charge in [-0.1, -0.05) is 6.07 Å². The number of carbonyl (C=O) groups is 2. The minimum absolute atomic E-state index is 0.253. The molecule has 0 aliphatic rings. The van der Waals surface area contributed by atoms with E-state index < -0.39 is 11.9 Å². The third-order valence-electron chi connectivity index (χ3n) is 3.12. The Kier molecular flexibility index (Phi) is 5.23. The first-order valence-electron chi connectivity index (χ1n) is 6.82. The molecule has 7 nitrogen and oxygen atoms in total. The largest absolute Gasteiger partial charge is 0.473 e. The summed E-state index contributed by atoms with van der Waals surface area (Å²) in [6.45, 7) is 0.387. The second-order valence-electron chi connectivity index (χ2n) is 4.66. The number of rotatable bonds is 2. The second kappa shape index (κ2) is 7.34. The summed E-state index contributed by atoms with van der Waals surface area (Å²) >= 11 is 0. The van der Waals surface area contributed by atoms with E-state index in [1.807, 2.05) is 28.8 Å². The number of carboxylic acids is 2. The van der Waals surface area contributed by atoms with Gasteiger partial charge in [-0.3, -0.25) is 0 Å². The first-order valence-corrected chi connectivity index (χ1v) is 6.82. The summed E-state index contributed by atoms with van der Waals surface area (Å²) in [5.41, 5.74) is 9.25. The smallest absolute Gasteiger partial charge is 0.414 e. The van der Waals surface area contributed by atoms with Gasteiger partial charge in [0.25, 0.3) is 0 Å². The molecule has 0 aliphatic heterocycles. The standard InChI is InChI=1S/C14H12FN3.C2H2O4/c15-11-6-4-10(5-7-11)14-12(9-16)18-8-2-1-3-13(18)17-14;3-1(4)2(5)6/h1-8H,9,16H2;(H,3,4)(H,5,6). The van der Waals surface area contributed by atoms with Crippen LogP contribution < -0.4 is 5.73 Å². The molecule has 0 fully saturated rings. The van der Waals surface area contributed by atoms with Crippen LogP contribution in [0.1, 0.15) is 5.69 Å². The Bertz CT molecular complexity index is 863. The van der Waals surface area contributed by atoms with Gasteiger partial charge in [-0.05, 0) is 36.4 Å². The average molecular weight is 331 g/mol. The number of fused-ring (bicyclic) bond motifs is 1. The third-order valence-corrected chi connectivity index (χ3v) is 3.12. The van der Waals surface area contributed by atoms with Crippen LogP contribution in [-0.2, 0) is 16.1 Å². The van der Waals surface area contributed by atoms with Gasteiger partial charge in [-0.25, -0.2) is 19.0 Å². The van der Waals surface area contributed by atoms with Crippen LogP contribution in [0.25, 0.3) is 16.9 Å². The van der Waals surface area contributed by atoms with Crippen molar-refractivity contribution >= 4 is 17.6 Å². The normalized spacial score (nSPS) is 10.1. The summed E-state index contributed by atoms with van der Waals surface area (Å²) in [6.07, 6.45) is 1.93. The fraction of sp³-hybridized carbons (Fsp3) is 0.0625. The van der Waals surface area contributed by atoms with Crippen LogP contribution in [0.5, 0.6) is 0 Å². The van der Waals surface area contributed by atoms with E-state index in [0.29, 0.717) is 6.54 Å². The highest BCUT2D eigenvalue weighted by Gasteiger charge is 2.12. The quantitative estimate of drug-likeness (QED) is 0.616. The molecule has 0 atom stereocenters. The van der Waals surface area contributed by atoms with Crippen molar-refractivity contribution in [2.75, 3.05) is 0 Å². The Morgan fingerprint density at radius 1 is 1.08 bits per heavy atom. The van der Waals surface area contributed by atoms with Gasteiger partial charge in [-0.15, -0.1) is 0 Å². The molecule has 3 aromatic rings. The lowest BCUT2D eigenvalue weighted by atomic mass is 10.1. The number of nitrogens with two attached hydrogens (primary N) is 1. The fourth-order valence-electron chi connectivity index (χ4n) is 2.08. The van der Waals surface area contributed by atoms with Gasteiger partial charge >= 0.3 is 11.9 Å². The summed E-state index contributed by atoms with van der Waals surface area (Å²) in [5.74, 6) is -3.90. The molecule has 0 saturated carbocycles. The molecular weight excluding hydrogens is 317 g/mol. The summed E-state index contributed by atoms with van der Waals surface area (Å²) in [5, 5.41) is 14.8. The van der Waals surface area contributed by atoms with E-state index in [1.54, 1.807) is 12.1 Å². The zero-order valence-corrected chi connectivity index (χ0v) is 12.4. The minimum atomic E-state index is -1.82. The summed E-state index contributed by atoms with van der Waals surface area (Å²) < 4.78 is 14.9. The van der Waals surface area contributed by atoms with Gasteiger partial charge in [0.1, 0.15) is 11.5 Å². The molecule has 0 saturated heterocycles. The molecular formula is C16H14FN3O4. The fourth-order valence-corrected chi connectivity index (χ4v) is 2.08. The van der Waals surface area contributed by atoms with Crippen LogP contribution >= 0.6 is 0 Å². The van der Waals surface area contributed by atoms with Crippen molar-refractivity contribution in [2.45, 2.75) is 6.54 Å². The Morgan fingerprint density at radius 2 is 1.71 bits per heavy atom. The van der Waals surface area contributed by atoms with Crippen molar-refractivity contribution in [3.05, 3.63) is 60.2 Å². The van der Waals surface area contributed by atoms with E-state index in [0.717, 1.165) is 22.6 Å². The number of hydrogen-bond donors (Lipinski definition) is 3. The van der Waals surface area contributed by atoms with Crippen LogP contribution in [0, 0.1) is 5.82 Å². The number of carboxylic acid groups (broad SMARTS) is 2. The van der Waals surface area contributed by atoms with Gasteiger partial charge < -0.3 is 20.3 Å². The molecule has 0 aliphatic carbocycles. The number of halogens is 1. The van der Waals surface area contributed by atoms with Crippen LogP contribution in [-0.4, -0.2) is 31.5 Å². The summed E-state index contributed by atoms with van der Waals surface area (Å²) in [6, 6.07) is 12.1. The average Bonchev–Trinajstić information content (AvgIpc) is 2.94. The van der Waals surface area contributed by atoms with Gasteiger partial charge in [0.05, 0.1) is 11.4 Å². The maximum Gasteiger partial charge on any atom is 0.414 e. The van der Waals surface area contributed by atoms with Crippen LogP contribution in [0.3, 0.4) is 0 Å². The third kappa shape index (κ3) is 3.73. The maximum absolute atomic E-state index is 12.9. The van der Waals surface area contributed by atoms with Crippen molar-refractivity contribution in [3.8, 4) is 11.3 Å². The number of pyridine rings is 1. The van der Waals surface area contributed by atoms with Gasteiger partial charge in [0.2, 0.25) is 0 Å². The van der Waals surface area contributed by atoms with Crippen molar-refractivity contribution < 1.29 is 24.2 Å². The molecule has 0 radical (unpaired) electrons. The van der Waals surface area contributed by atoms with E-state index in [1.165, 1.54) is 12.1 Å². The van der Waals surface area contributed by atoms with Crippen molar-refractivity contribution in [1.29, 1.82) is 0 Å². The van der Waals surface area contributed by atoms with Crippen LogP contribution in [0.15, 0.2) is 48.7 Å². The van der Waals surface area contributed by atoms with Crippen LogP contribution in [0.4, 0.5) is 4.39 Å². The first-order chi connectivity index (χ1) is 11.4. The number of aliphatic carboxylic acids is 2. The van der Waals surface area contributed by atoms with E-state index in [2.05, 4.69) is 4.98 Å². The number of nitrogens with zero attached hydrogens (tertiary/aromatic N) is 2. The lowest BCUT2D eigenvalue weighted by molar-refractivity contribution is -0.159. The molecule has 4 N–H and O–H groups in total. The Morgan fingerprint density at radius 3 is 2.25 bits per heavy atom. The van der Waals surface area contributed by atoms with E-state index in [4.69, 9.17) is 25.5 Å². The molecule has 124 valence electrons. The van der Waals surface area contributed by atoms with Gasteiger partial charge in [0, 0.05) is 18.3 Å². The highest BCUT2D eigenvalue weighted by Crippen LogP contribution is 2.24. The van der Waals surface area contributed by atoms with Gasteiger partial charge in [-0.2, -0.15) is 0 Å². The van der Waals surface area contributed by atoms with Crippen molar-refractivity contribution in [2.24, 2.45) is 5.73 Å². The van der Waals surface area contributed by atoms with E-state index in [-0.39, 0.29) is 5.82 Å². The molecule has 8 heteroatoms. The number of hydrogen-bond acceptors (Lipinski definition) is 4. The zero-order chi connectivity index (χ0) is 17.7. The number of imidazole rings is 1. The highest BCUT2D eigenvalue weighted by atomic mass is 19.1. The predicted molar refractivity (Wildman–Crippen MR) is 83.7 cm³/mol. The summed E-state index contributed by atoms with van der Waals surface area (Å²) in [7, 11) is 0. The van der Waals surface area contributed by atoms with Crippen molar-refractivity contribution in [1.82, 2.24) is 9.38 Å². The highest BCUT2D eigenvalue weighted by molar-refractivity contribution is 6.27. The molecule has 1 aromatic carbocycles. The van der Waals surface area contributed by atoms with E-state index >= 15 is 0 Å². The maximum atomic E-state index is 12.9. The molecule has 2 heterocycles. The Hall–Kier alpha value is -3.26. The Balaban J connectivity index is 0.000000301. The number of benzene rings is 1. The van der Waals surface area contributed by atoms with E-state index in [9.17, 15) is 4.39 Å². The first kappa shape index (κ1) is 17.1. The van der Waals surface area contributed by atoms with Crippen molar-refractivity contribution in [3.63, 3.8) is 0 Å². The summed E-state index contributed by atoms with van der Waals surface area (Å²) in [4.78, 5) is 22.7. The monoisotopic (exact) mass is 331 g/mol.